The van der Waals surface area contributed by atoms with Gasteiger partial charge in [-0.2, -0.15) is 0 Å². The van der Waals surface area contributed by atoms with Gasteiger partial charge in [0.2, 0.25) is 5.91 Å². The van der Waals surface area contributed by atoms with E-state index in [2.05, 4.69) is 15.3 Å². The lowest BCUT2D eigenvalue weighted by Crippen LogP contribution is -2.51. The van der Waals surface area contributed by atoms with Crippen LogP contribution in [0.25, 0.3) is 0 Å². The Bertz CT molecular complexity index is 577. The summed E-state index contributed by atoms with van der Waals surface area (Å²) in [6.07, 6.45) is 2.28. The molecule has 1 aromatic rings. The number of hydrogen-bond acceptors (Lipinski definition) is 6. The van der Waals surface area contributed by atoms with E-state index in [1.807, 2.05) is 6.92 Å². The lowest BCUT2D eigenvalue weighted by atomic mass is 9.77. The van der Waals surface area contributed by atoms with Gasteiger partial charge in [0, 0.05) is 50.3 Å². The number of rotatable bonds is 6. The summed E-state index contributed by atoms with van der Waals surface area (Å²) in [5.41, 5.74) is 1.10. The molecule has 24 heavy (non-hydrogen) atoms. The van der Waals surface area contributed by atoms with Crippen molar-refractivity contribution in [2.24, 2.45) is 5.41 Å². The summed E-state index contributed by atoms with van der Waals surface area (Å²) in [4.78, 5) is 20.3. The van der Waals surface area contributed by atoms with Gasteiger partial charge >= 0.3 is 0 Å². The molecule has 0 aliphatic carbocycles. The lowest BCUT2D eigenvalue weighted by molar-refractivity contribution is -0.136. The number of piperidine rings is 1. The van der Waals surface area contributed by atoms with Crippen molar-refractivity contribution in [2.75, 3.05) is 47.0 Å². The van der Waals surface area contributed by atoms with E-state index in [1.165, 1.54) is 5.01 Å². The molecule has 7 heteroatoms. The molecule has 0 unspecified atom stereocenters. The van der Waals surface area contributed by atoms with E-state index >= 15 is 0 Å². The zero-order valence-corrected chi connectivity index (χ0v) is 15.6. The van der Waals surface area contributed by atoms with Crippen molar-refractivity contribution in [3.63, 3.8) is 0 Å². The number of likely N-dealkylation sites (tertiary alicyclic amines) is 1. The molecule has 6 nitrogen and oxygen atoms in total. The second-order valence-corrected chi connectivity index (χ2v) is 8.08. The van der Waals surface area contributed by atoms with Gasteiger partial charge in [-0.1, -0.05) is 0 Å². The van der Waals surface area contributed by atoms with Crippen LogP contribution in [-0.2, 0) is 20.8 Å². The number of carbonyl (C=O) groups is 1. The Morgan fingerprint density at radius 3 is 3.12 bits per heavy atom. The molecule has 0 radical (unpaired) electrons. The highest BCUT2D eigenvalue weighted by molar-refractivity contribution is 7.09. The molecule has 134 valence electrons. The number of amides is 1. The normalized spacial score (nSPS) is 27.2. The van der Waals surface area contributed by atoms with Crippen molar-refractivity contribution in [3.05, 3.63) is 16.1 Å². The van der Waals surface area contributed by atoms with Gasteiger partial charge in [0.1, 0.15) is 11.6 Å². The highest BCUT2D eigenvalue weighted by atomic mass is 32.1. The van der Waals surface area contributed by atoms with Crippen LogP contribution < -0.4 is 0 Å². The number of ether oxygens (including phenoxy) is 2. The fraction of sp³-hybridized carbons (Fsp3) is 0.765. The van der Waals surface area contributed by atoms with Gasteiger partial charge in [-0.3, -0.25) is 9.69 Å². The molecule has 2 fully saturated rings. The van der Waals surface area contributed by atoms with E-state index in [0.29, 0.717) is 6.61 Å². The molecule has 0 N–H and O–H groups in total. The molecule has 0 aromatic carbocycles. The number of thiazole rings is 1. The van der Waals surface area contributed by atoms with Crippen molar-refractivity contribution in [1.29, 1.82) is 0 Å². The maximum absolute atomic E-state index is 11.7. The van der Waals surface area contributed by atoms with Crippen LogP contribution >= 0.6 is 11.3 Å². The van der Waals surface area contributed by atoms with Crippen LogP contribution in [0, 0.1) is 12.3 Å². The molecule has 3 rings (SSSR count). The van der Waals surface area contributed by atoms with Crippen LogP contribution in [0.3, 0.4) is 0 Å². The second kappa shape index (κ2) is 7.47. The summed E-state index contributed by atoms with van der Waals surface area (Å²) in [6.45, 7) is 6.43. The van der Waals surface area contributed by atoms with Crippen molar-refractivity contribution >= 4 is 17.2 Å². The average Bonchev–Trinajstić information content (AvgIpc) is 3.13. The Labute approximate surface area is 147 Å². The third kappa shape index (κ3) is 3.96. The topological polar surface area (TPSA) is 54.9 Å². The molecule has 2 aliphatic rings. The van der Waals surface area contributed by atoms with Gasteiger partial charge in [-0.15, -0.1) is 11.3 Å². The molecule has 0 bridgehead atoms. The molecule has 2 aliphatic heterocycles. The van der Waals surface area contributed by atoms with E-state index in [0.717, 1.165) is 44.8 Å². The van der Waals surface area contributed by atoms with Gasteiger partial charge in [0.25, 0.3) is 0 Å². The minimum atomic E-state index is 0.00721. The number of carbonyl (C=O) groups excluding carboxylic acids is 1. The first-order valence-corrected chi connectivity index (χ1v) is 9.39. The van der Waals surface area contributed by atoms with Gasteiger partial charge in [-0.25, -0.2) is 4.98 Å². The third-order valence-electron chi connectivity index (χ3n) is 4.99. The van der Waals surface area contributed by atoms with Crippen LogP contribution in [0.2, 0.25) is 0 Å². The molecule has 0 spiro atoms. The van der Waals surface area contributed by atoms with Crippen molar-refractivity contribution in [3.8, 4) is 0 Å². The quantitative estimate of drug-likeness (QED) is 0.776. The highest BCUT2D eigenvalue weighted by Crippen LogP contribution is 2.41. The number of fused-ring (bicyclic) bond motifs is 1. The first-order chi connectivity index (χ1) is 11.5. The van der Waals surface area contributed by atoms with E-state index in [4.69, 9.17) is 9.47 Å². The fourth-order valence-corrected chi connectivity index (χ4v) is 4.43. The van der Waals surface area contributed by atoms with Gasteiger partial charge < -0.3 is 14.4 Å². The lowest BCUT2D eigenvalue weighted by Gasteiger charge is -2.43. The molecule has 1 amide bonds. The maximum Gasteiger partial charge on any atom is 0.248 e. The molecule has 2 saturated heterocycles. The van der Waals surface area contributed by atoms with Crippen molar-refractivity contribution < 1.29 is 14.3 Å². The first-order valence-electron chi connectivity index (χ1n) is 8.51. The predicted molar refractivity (Wildman–Crippen MR) is 93.0 cm³/mol. The Hall–Kier alpha value is -1.02. The zero-order valence-electron chi connectivity index (χ0n) is 14.8. The smallest absolute Gasteiger partial charge is 0.248 e. The third-order valence-corrected chi connectivity index (χ3v) is 5.94. The number of aromatic nitrogens is 1. The number of nitrogens with zero attached hydrogens (tertiary/aromatic N) is 3. The van der Waals surface area contributed by atoms with Crippen molar-refractivity contribution in [2.45, 2.75) is 32.4 Å². The minimum absolute atomic E-state index is 0.00721. The minimum Gasteiger partial charge on any atom is -0.377 e. The zero-order chi connectivity index (χ0) is 17.2. The summed E-state index contributed by atoms with van der Waals surface area (Å²) in [5.74, 6) is 0.00721. The van der Waals surface area contributed by atoms with E-state index in [9.17, 15) is 4.79 Å². The standard InChI is InChI=1S/C17H27N3O3S/c1-13-10-24-15(18-13)8-20-6-4-14-17(11-20,5-7-23-14)12-22-9-16(21)19(2)3/h10,14H,4-9,11-12H2,1-3H3/t14-,17+/m1/s1. The second-order valence-electron chi connectivity index (χ2n) is 7.13. The Balaban J connectivity index is 1.59. The Morgan fingerprint density at radius 1 is 1.58 bits per heavy atom. The number of hydrogen-bond donors (Lipinski definition) is 0. The Kier molecular flexibility index (Phi) is 5.54. The molecule has 2 atom stereocenters. The van der Waals surface area contributed by atoms with E-state index in [1.54, 1.807) is 30.3 Å². The van der Waals surface area contributed by atoms with Crippen LogP contribution in [0.4, 0.5) is 0 Å². The largest absolute Gasteiger partial charge is 0.377 e. The summed E-state index contributed by atoms with van der Waals surface area (Å²) in [7, 11) is 3.51. The van der Waals surface area contributed by atoms with Crippen LogP contribution in [0.5, 0.6) is 0 Å². The Morgan fingerprint density at radius 2 is 2.42 bits per heavy atom. The molecule has 1 aromatic heterocycles. The van der Waals surface area contributed by atoms with Gasteiger partial charge in [0.15, 0.2) is 0 Å². The molecular formula is C17H27N3O3S. The van der Waals surface area contributed by atoms with Gasteiger partial charge in [-0.05, 0) is 19.8 Å². The predicted octanol–water partition coefficient (Wildman–Crippen LogP) is 1.54. The van der Waals surface area contributed by atoms with Crippen LogP contribution in [-0.4, -0.2) is 73.8 Å². The first kappa shape index (κ1) is 17.8. The monoisotopic (exact) mass is 353 g/mol. The van der Waals surface area contributed by atoms with Gasteiger partial charge in [0.05, 0.1) is 19.3 Å². The molecular weight excluding hydrogens is 326 g/mol. The maximum atomic E-state index is 11.7. The summed E-state index contributed by atoms with van der Waals surface area (Å²) < 4.78 is 11.7. The van der Waals surface area contributed by atoms with Crippen LogP contribution in [0.15, 0.2) is 5.38 Å². The van der Waals surface area contributed by atoms with Crippen LogP contribution in [0.1, 0.15) is 23.5 Å². The fourth-order valence-electron chi connectivity index (χ4n) is 3.62. The SMILES string of the molecule is Cc1csc(CN2CC[C@H]3OCC[C@@]3(COCC(=O)N(C)C)C2)n1. The van der Waals surface area contributed by atoms with E-state index < -0.39 is 0 Å². The van der Waals surface area contributed by atoms with E-state index in [-0.39, 0.29) is 24.0 Å². The number of aryl methyl sites for hydroxylation is 1. The molecule has 3 heterocycles. The summed E-state index contributed by atoms with van der Waals surface area (Å²) in [5, 5.41) is 3.27. The average molecular weight is 353 g/mol. The summed E-state index contributed by atoms with van der Waals surface area (Å²) in [6, 6.07) is 0. The highest BCUT2D eigenvalue weighted by Gasteiger charge is 2.48. The number of likely N-dealkylation sites (N-methyl/N-ethyl adjacent to an activating group) is 1. The molecule has 0 saturated carbocycles. The van der Waals surface area contributed by atoms with Crippen molar-refractivity contribution in [1.82, 2.24) is 14.8 Å². The summed E-state index contributed by atoms with van der Waals surface area (Å²) >= 11 is 1.73.